The fourth-order valence-electron chi connectivity index (χ4n) is 2.04. The molecule has 1 aromatic carbocycles. The zero-order valence-corrected chi connectivity index (χ0v) is 13.0. The Balaban J connectivity index is 2.50. The van der Waals surface area contributed by atoms with E-state index in [1.807, 2.05) is 32.0 Å². The Labute approximate surface area is 127 Å². The first-order valence-electron chi connectivity index (χ1n) is 6.97. The molecule has 1 amide bonds. The highest BCUT2D eigenvalue weighted by Crippen LogP contribution is 2.22. The summed E-state index contributed by atoms with van der Waals surface area (Å²) in [5.41, 5.74) is 5.81. The Morgan fingerprint density at radius 2 is 2.14 bits per heavy atom. The first-order valence-corrected chi connectivity index (χ1v) is 7.95. The fraction of sp³-hybridized carbons (Fsp3) is 0.400. The van der Waals surface area contributed by atoms with E-state index < -0.39 is 0 Å². The van der Waals surface area contributed by atoms with E-state index in [4.69, 9.17) is 5.73 Å². The number of thioether (sulfide) groups is 1. The zero-order valence-electron chi connectivity index (χ0n) is 12.2. The molecule has 0 unspecified atom stereocenters. The lowest BCUT2D eigenvalue weighted by Gasteiger charge is -2.18. The highest BCUT2D eigenvalue weighted by atomic mass is 32.2. The van der Waals surface area contributed by atoms with Crippen LogP contribution < -0.4 is 11.3 Å². The molecular weight excluding hydrogens is 286 g/mol. The van der Waals surface area contributed by atoms with E-state index in [-0.39, 0.29) is 23.9 Å². The minimum absolute atomic E-state index is 0.0310. The molecule has 2 aromatic rings. The van der Waals surface area contributed by atoms with Crippen LogP contribution in [-0.2, 0) is 4.79 Å². The Kier molecular flexibility index (Phi) is 5.01. The highest BCUT2D eigenvalue weighted by molar-refractivity contribution is 7.99. The van der Waals surface area contributed by atoms with Crippen molar-refractivity contribution in [2.75, 3.05) is 5.75 Å². The number of amides is 1. The number of rotatable bonds is 6. The summed E-state index contributed by atoms with van der Waals surface area (Å²) in [5.74, 6) is 0.178. The van der Waals surface area contributed by atoms with E-state index in [0.29, 0.717) is 21.8 Å². The van der Waals surface area contributed by atoms with Crippen molar-refractivity contribution in [2.24, 2.45) is 5.73 Å². The quantitative estimate of drug-likeness (QED) is 0.656. The van der Waals surface area contributed by atoms with Crippen molar-refractivity contribution in [2.45, 2.75) is 37.9 Å². The van der Waals surface area contributed by atoms with Crippen LogP contribution in [0, 0.1) is 0 Å². The fourth-order valence-corrected chi connectivity index (χ4v) is 3.09. The number of nitrogens with zero attached hydrogens (tertiary/aromatic N) is 2. The lowest BCUT2D eigenvalue weighted by Crippen LogP contribution is -2.26. The van der Waals surface area contributed by atoms with Crippen LogP contribution in [-0.4, -0.2) is 21.2 Å². The van der Waals surface area contributed by atoms with Gasteiger partial charge >= 0.3 is 0 Å². The van der Waals surface area contributed by atoms with Gasteiger partial charge in [0.15, 0.2) is 5.16 Å². The molecule has 0 aliphatic carbocycles. The molecule has 0 fully saturated rings. The van der Waals surface area contributed by atoms with Gasteiger partial charge in [-0.05, 0) is 25.5 Å². The Bertz CT molecular complexity index is 712. The van der Waals surface area contributed by atoms with Gasteiger partial charge in [0.05, 0.1) is 10.9 Å². The number of primary amides is 1. The monoisotopic (exact) mass is 305 g/mol. The molecule has 0 saturated heterocycles. The average Bonchev–Trinajstić information content (AvgIpc) is 2.46. The standard InChI is InChI=1S/C15H19N3O2S/c1-3-10(2)18-14(20)11-6-4-5-7-12(11)17-15(18)21-9-8-13(16)19/h4-7,10H,3,8-9H2,1-2H3,(H2,16,19)/t10-/m1/s1. The number of carbonyl (C=O) groups excluding carboxylic acids is 1. The highest BCUT2D eigenvalue weighted by Gasteiger charge is 2.15. The summed E-state index contributed by atoms with van der Waals surface area (Å²) in [6.07, 6.45) is 1.11. The SMILES string of the molecule is CC[C@@H](C)n1c(SCCC(N)=O)nc2ccccc2c1=O. The van der Waals surface area contributed by atoms with Crippen molar-refractivity contribution in [1.29, 1.82) is 0 Å². The molecule has 6 heteroatoms. The third kappa shape index (κ3) is 3.44. The Morgan fingerprint density at radius 3 is 2.81 bits per heavy atom. The number of fused-ring (bicyclic) bond motifs is 1. The molecule has 21 heavy (non-hydrogen) atoms. The average molecular weight is 305 g/mol. The number of para-hydroxylation sites is 1. The van der Waals surface area contributed by atoms with Crippen molar-refractivity contribution >= 4 is 28.6 Å². The minimum Gasteiger partial charge on any atom is -0.370 e. The molecule has 0 spiro atoms. The number of aromatic nitrogens is 2. The summed E-state index contributed by atoms with van der Waals surface area (Å²) in [7, 11) is 0. The van der Waals surface area contributed by atoms with Crippen LogP contribution in [0.25, 0.3) is 10.9 Å². The Hall–Kier alpha value is -1.82. The molecule has 5 nitrogen and oxygen atoms in total. The van der Waals surface area contributed by atoms with Crippen LogP contribution in [0.1, 0.15) is 32.7 Å². The molecule has 1 heterocycles. The molecule has 112 valence electrons. The molecular formula is C15H19N3O2S. The van der Waals surface area contributed by atoms with Gasteiger partial charge in [-0.15, -0.1) is 0 Å². The third-order valence-corrected chi connectivity index (χ3v) is 4.34. The molecule has 0 aliphatic heterocycles. The van der Waals surface area contributed by atoms with Gasteiger partial charge in [-0.3, -0.25) is 14.2 Å². The number of carbonyl (C=O) groups is 1. The van der Waals surface area contributed by atoms with Gasteiger partial charge in [0.25, 0.3) is 5.56 Å². The van der Waals surface area contributed by atoms with E-state index >= 15 is 0 Å². The summed E-state index contributed by atoms with van der Waals surface area (Å²) in [4.78, 5) is 28.1. The second-order valence-corrected chi connectivity index (χ2v) is 5.97. The third-order valence-electron chi connectivity index (χ3n) is 3.39. The molecule has 1 aromatic heterocycles. The van der Waals surface area contributed by atoms with Crippen molar-refractivity contribution in [3.8, 4) is 0 Å². The van der Waals surface area contributed by atoms with Crippen molar-refractivity contribution in [1.82, 2.24) is 9.55 Å². The zero-order chi connectivity index (χ0) is 15.4. The first-order chi connectivity index (χ1) is 10.0. The van der Waals surface area contributed by atoms with Crippen molar-refractivity contribution in [3.05, 3.63) is 34.6 Å². The van der Waals surface area contributed by atoms with E-state index in [1.54, 1.807) is 10.6 Å². The van der Waals surface area contributed by atoms with E-state index in [0.717, 1.165) is 6.42 Å². The van der Waals surface area contributed by atoms with Gasteiger partial charge in [0, 0.05) is 18.2 Å². The second-order valence-electron chi connectivity index (χ2n) is 4.91. The maximum Gasteiger partial charge on any atom is 0.262 e. The molecule has 0 bridgehead atoms. The first kappa shape index (κ1) is 15.6. The van der Waals surface area contributed by atoms with E-state index in [9.17, 15) is 9.59 Å². The minimum atomic E-state index is -0.347. The van der Waals surface area contributed by atoms with Gasteiger partial charge in [0.1, 0.15) is 0 Å². The normalized spacial score (nSPS) is 12.5. The molecule has 0 aliphatic rings. The van der Waals surface area contributed by atoms with Gasteiger partial charge in [-0.25, -0.2) is 4.98 Å². The number of hydrogen-bond acceptors (Lipinski definition) is 4. The van der Waals surface area contributed by atoms with Gasteiger partial charge in [-0.1, -0.05) is 30.8 Å². The Morgan fingerprint density at radius 1 is 1.43 bits per heavy atom. The molecule has 2 N–H and O–H groups in total. The second kappa shape index (κ2) is 6.76. The summed E-state index contributed by atoms with van der Waals surface area (Å²) < 4.78 is 1.72. The maximum absolute atomic E-state index is 12.7. The van der Waals surface area contributed by atoms with Gasteiger partial charge in [-0.2, -0.15) is 0 Å². The molecule has 0 saturated carbocycles. The number of benzene rings is 1. The largest absolute Gasteiger partial charge is 0.370 e. The summed E-state index contributed by atoms with van der Waals surface area (Å²) in [6, 6.07) is 7.38. The van der Waals surface area contributed by atoms with Crippen LogP contribution >= 0.6 is 11.8 Å². The van der Waals surface area contributed by atoms with Crippen LogP contribution in [0.15, 0.2) is 34.2 Å². The van der Waals surface area contributed by atoms with Crippen LogP contribution in [0.4, 0.5) is 0 Å². The van der Waals surface area contributed by atoms with Crippen molar-refractivity contribution in [3.63, 3.8) is 0 Å². The van der Waals surface area contributed by atoms with Crippen LogP contribution in [0.2, 0.25) is 0 Å². The van der Waals surface area contributed by atoms with Crippen LogP contribution in [0.5, 0.6) is 0 Å². The predicted octanol–water partition coefficient (Wildman–Crippen LogP) is 2.33. The number of hydrogen-bond donors (Lipinski definition) is 1. The lowest BCUT2D eigenvalue weighted by atomic mass is 10.2. The number of nitrogens with two attached hydrogens (primary N) is 1. The van der Waals surface area contributed by atoms with Crippen molar-refractivity contribution < 1.29 is 4.79 Å². The summed E-state index contributed by atoms with van der Waals surface area (Å²) in [6.45, 7) is 4.03. The lowest BCUT2D eigenvalue weighted by molar-refractivity contribution is -0.117. The van der Waals surface area contributed by atoms with E-state index in [2.05, 4.69) is 4.98 Å². The molecule has 1 atom stereocenters. The topological polar surface area (TPSA) is 78.0 Å². The maximum atomic E-state index is 12.7. The summed E-state index contributed by atoms with van der Waals surface area (Å²) >= 11 is 1.40. The predicted molar refractivity (Wildman–Crippen MR) is 85.5 cm³/mol. The van der Waals surface area contributed by atoms with Crippen LogP contribution in [0.3, 0.4) is 0 Å². The van der Waals surface area contributed by atoms with Gasteiger partial charge in [0.2, 0.25) is 5.91 Å². The smallest absolute Gasteiger partial charge is 0.262 e. The molecule has 2 rings (SSSR count). The summed E-state index contributed by atoms with van der Waals surface area (Å²) in [5, 5.41) is 1.27. The molecule has 0 radical (unpaired) electrons. The van der Waals surface area contributed by atoms with E-state index in [1.165, 1.54) is 11.8 Å². The van der Waals surface area contributed by atoms with Gasteiger partial charge < -0.3 is 5.73 Å².